The fourth-order valence-corrected chi connectivity index (χ4v) is 3.84. The molecule has 0 saturated heterocycles. The Morgan fingerprint density at radius 1 is 0.633 bits per heavy atom. The Labute approximate surface area is 181 Å². The van der Waals surface area contributed by atoms with Crippen molar-refractivity contribution < 1.29 is 19.6 Å². The van der Waals surface area contributed by atoms with Gasteiger partial charge in [0.1, 0.15) is 0 Å². The van der Waals surface area contributed by atoms with E-state index in [4.69, 9.17) is 0 Å². The number of hydrogen-bond acceptors (Lipinski definition) is 7. The minimum Gasteiger partial charge on any atom is -0.289 e. The van der Waals surface area contributed by atoms with Crippen LogP contribution in [0.3, 0.4) is 0 Å². The van der Waals surface area contributed by atoms with Gasteiger partial charge in [0, 0.05) is 38.5 Å². The second-order valence-electron chi connectivity index (χ2n) is 5.99. The summed E-state index contributed by atoms with van der Waals surface area (Å²) in [4.78, 5) is 43.3. The van der Waals surface area contributed by atoms with E-state index in [1.165, 1.54) is 6.07 Å². The molecule has 0 atom stereocenters. The van der Waals surface area contributed by atoms with Crippen molar-refractivity contribution in [1.82, 2.24) is 0 Å². The number of rotatable bonds is 3. The molecule has 0 N–H and O–H groups in total. The number of halogens is 1. The third kappa shape index (κ3) is 3.87. The molecule has 0 radical (unpaired) electrons. The van der Waals surface area contributed by atoms with Crippen LogP contribution in [0.1, 0.15) is 15.9 Å². The Morgan fingerprint density at radius 2 is 1.07 bits per heavy atom. The number of nitrogens with zero attached hydrogens (tertiary/aromatic N) is 3. The first-order chi connectivity index (χ1) is 14.2. The number of carbonyl (C=O) groups is 1. The summed E-state index contributed by atoms with van der Waals surface area (Å²) in [6.07, 6.45) is 0. The van der Waals surface area contributed by atoms with Crippen molar-refractivity contribution in [3.63, 3.8) is 0 Å². The molecule has 0 spiro atoms. The van der Waals surface area contributed by atoms with E-state index in [1.807, 2.05) is 36.4 Å². The van der Waals surface area contributed by atoms with Gasteiger partial charge in [0.15, 0.2) is 5.78 Å². The quantitative estimate of drug-likeness (QED) is 0.212. The maximum atomic E-state index is 12.5. The highest BCUT2D eigenvalue weighted by Crippen LogP contribution is 2.47. The molecule has 3 aromatic carbocycles. The average molecular weight is 519 g/mol. The van der Waals surface area contributed by atoms with Crippen LogP contribution in [0.15, 0.2) is 60.7 Å². The molecule has 0 aliphatic heterocycles. The van der Waals surface area contributed by atoms with Gasteiger partial charge in [0.05, 0.1) is 26.4 Å². The van der Waals surface area contributed by atoms with Crippen LogP contribution in [0.2, 0.25) is 0 Å². The van der Waals surface area contributed by atoms with Crippen molar-refractivity contribution in [3.05, 3.63) is 106 Å². The number of fused-ring (bicyclic) bond motifs is 3. The maximum Gasteiger partial charge on any atom is 0.284 e. The Bertz CT molecular complexity index is 1190. The molecule has 10 nitrogen and oxygen atoms in total. The van der Waals surface area contributed by atoms with Crippen molar-refractivity contribution in [2.75, 3.05) is 0 Å². The number of nitro benzene ring substituents is 3. The van der Waals surface area contributed by atoms with Crippen molar-refractivity contribution in [2.45, 2.75) is 0 Å². The topological polar surface area (TPSA) is 146 Å². The Morgan fingerprint density at radius 3 is 1.50 bits per heavy atom. The predicted molar refractivity (Wildman–Crippen MR) is 114 cm³/mol. The molecule has 4 rings (SSSR count). The average Bonchev–Trinajstić information content (AvgIpc) is 3.01. The minimum atomic E-state index is -0.836. The first kappa shape index (κ1) is 21.0. The number of non-ortho nitro benzene ring substituents is 2. The number of ketones is 1. The molecule has 3 aromatic rings. The fraction of sp³-hybridized carbons (Fsp3) is 0. The summed E-state index contributed by atoms with van der Waals surface area (Å²) in [5.41, 5.74) is -1.66. The van der Waals surface area contributed by atoms with E-state index in [2.05, 4.69) is 0 Å². The molecule has 0 bridgehead atoms. The van der Waals surface area contributed by atoms with Gasteiger partial charge in [-0.05, 0) is 22.6 Å². The highest BCUT2D eigenvalue weighted by Gasteiger charge is 2.38. The van der Waals surface area contributed by atoms with Gasteiger partial charge in [-0.15, -0.1) is 0 Å². The van der Waals surface area contributed by atoms with Crippen LogP contribution < -0.4 is 0 Å². The van der Waals surface area contributed by atoms with E-state index >= 15 is 0 Å². The van der Waals surface area contributed by atoms with Crippen molar-refractivity contribution in [1.29, 1.82) is 0 Å². The Kier molecular flexibility index (Phi) is 5.82. The lowest BCUT2D eigenvalue weighted by Crippen LogP contribution is -2.00. The summed E-state index contributed by atoms with van der Waals surface area (Å²) in [6.45, 7) is 0. The van der Waals surface area contributed by atoms with Crippen molar-refractivity contribution >= 4 is 45.4 Å². The second kappa shape index (κ2) is 8.32. The molecular weight excluding hydrogens is 509 g/mol. The fourth-order valence-electron chi connectivity index (χ4n) is 2.96. The van der Waals surface area contributed by atoms with E-state index in [-0.39, 0.29) is 31.5 Å². The highest BCUT2D eigenvalue weighted by atomic mass is 127. The van der Waals surface area contributed by atoms with Crippen molar-refractivity contribution in [3.8, 4) is 11.1 Å². The molecule has 30 heavy (non-hydrogen) atoms. The molecule has 0 unspecified atom stereocenters. The number of carbonyl (C=O) groups excluding carboxylic acids is 1. The number of hydrogen-bond donors (Lipinski definition) is 0. The summed E-state index contributed by atoms with van der Waals surface area (Å²) in [5, 5.41) is 33.2. The van der Waals surface area contributed by atoms with Crippen LogP contribution in [0, 0.1) is 33.9 Å². The van der Waals surface area contributed by atoms with Gasteiger partial charge in [-0.1, -0.05) is 36.4 Å². The zero-order valence-corrected chi connectivity index (χ0v) is 17.0. The van der Waals surface area contributed by atoms with Gasteiger partial charge in [-0.25, -0.2) is 0 Å². The summed E-state index contributed by atoms with van der Waals surface area (Å²) >= 11 is 1.74. The largest absolute Gasteiger partial charge is 0.289 e. The van der Waals surface area contributed by atoms with Crippen LogP contribution in [0.25, 0.3) is 11.1 Å². The van der Waals surface area contributed by atoms with Crippen LogP contribution in [0.4, 0.5) is 17.1 Å². The lowest BCUT2D eigenvalue weighted by atomic mass is 10.0. The maximum absolute atomic E-state index is 12.5. The minimum absolute atomic E-state index is 0.0510. The van der Waals surface area contributed by atoms with Crippen LogP contribution >= 0.6 is 22.6 Å². The van der Waals surface area contributed by atoms with Crippen LogP contribution in [-0.4, -0.2) is 20.6 Å². The van der Waals surface area contributed by atoms with Gasteiger partial charge in [0.25, 0.3) is 17.1 Å². The first-order valence-corrected chi connectivity index (χ1v) is 9.30. The lowest BCUT2D eigenvalue weighted by molar-refractivity contribution is -0.393. The molecule has 0 aromatic heterocycles. The summed E-state index contributed by atoms with van der Waals surface area (Å²) < 4.78 is 0.279. The molecule has 0 amide bonds. The van der Waals surface area contributed by atoms with E-state index in [0.29, 0.717) is 0 Å². The molecule has 1 aliphatic carbocycles. The molecule has 0 fully saturated rings. The van der Waals surface area contributed by atoms with Gasteiger partial charge < -0.3 is 0 Å². The molecule has 150 valence electrons. The normalized spacial score (nSPS) is 11.0. The monoisotopic (exact) mass is 519 g/mol. The SMILES string of the molecule is O=C1c2cc([N+](=O)[O-])cc(I)c2-c2c1cc([N+](=O)[O-])cc2[N+](=O)[O-].c1ccccc1. The van der Waals surface area contributed by atoms with E-state index < -0.39 is 31.9 Å². The third-order valence-electron chi connectivity index (χ3n) is 4.20. The lowest BCUT2D eigenvalue weighted by Gasteiger charge is -2.04. The standard InChI is InChI=1S/C13H4IN3O7.C6H6/c14-9-3-5(15(19)20)1-7-11(9)12-8(13(7)18)2-6(16(21)22)4-10(12)17(23)24;1-2-4-6-5-3-1/h1-4H;1-6H. The smallest absolute Gasteiger partial charge is 0.284 e. The Balaban J connectivity index is 0.000000367. The predicted octanol–water partition coefficient (Wildman–Crippen LogP) is 4.91. The highest BCUT2D eigenvalue weighted by molar-refractivity contribution is 14.1. The molecule has 11 heteroatoms. The summed E-state index contributed by atoms with van der Waals surface area (Å²) in [5.74, 6) is -0.714. The van der Waals surface area contributed by atoms with E-state index in [1.54, 1.807) is 22.6 Å². The number of benzene rings is 3. The summed E-state index contributed by atoms with van der Waals surface area (Å²) in [6, 6.07) is 15.9. The van der Waals surface area contributed by atoms with Crippen LogP contribution in [-0.2, 0) is 0 Å². The van der Waals surface area contributed by atoms with Gasteiger partial charge in [0.2, 0.25) is 0 Å². The van der Waals surface area contributed by atoms with E-state index in [0.717, 1.165) is 18.2 Å². The van der Waals surface area contributed by atoms with Gasteiger partial charge in [-0.3, -0.25) is 35.1 Å². The molecule has 0 saturated carbocycles. The van der Waals surface area contributed by atoms with E-state index in [9.17, 15) is 35.1 Å². The molecule has 1 aliphatic rings. The third-order valence-corrected chi connectivity index (χ3v) is 5.05. The first-order valence-electron chi connectivity index (χ1n) is 8.22. The zero-order valence-electron chi connectivity index (χ0n) is 14.9. The van der Waals surface area contributed by atoms with Crippen LogP contribution in [0.5, 0.6) is 0 Å². The van der Waals surface area contributed by atoms with Crippen molar-refractivity contribution in [2.24, 2.45) is 0 Å². The second-order valence-corrected chi connectivity index (χ2v) is 7.15. The summed E-state index contributed by atoms with van der Waals surface area (Å²) in [7, 11) is 0. The zero-order chi connectivity index (χ0) is 22.0. The number of nitro groups is 3. The Hall–Kier alpha value is -3.74. The molecule has 0 heterocycles. The molecular formula is C19H10IN3O7. The van der Waals surface area contributed by atoms with Gasteiger partial charge >= 0.3 is 0 Å². The van der Waals surface area contributed by atoms with Gasteiger partial charge in [-0.2, -0.15) is 0 Å².